The van der Waals surface area contributed by atoms with Crippen molar-refractivity contribution in [2.24, 2.45) is 10.9 Å². The van der Waals surface area contributed by atoms with E-state index in [1.807, 2.05) is 0 Å². The molecular formula is C10H7N3O. The molecule has 0 aliphatic heterocycles. The molecule has 0 radical (unpaired) electrons. The first-order valence-corrected chi connectivity index (χ1v) is 3.76. The molecule has 0 saturated heterocycles. The van der Waals surface area contributed by atoms with Crippen molar-refractivity contribution in [3.8, 4) is 17.9 Å². The minimum absolute atomic E-state index is 0.0461. The molecule has 1 rings (SSSR count). The number of nitriles is 1. The van der Waals surface area contributed by atoms with Crippen LogP contribution in [-0.4, -0.2) is 11.0 Å². The third-order valence-electron chi connectivity index (χ3n) is 1.55. The van der Waals surface area contributed by atoms with Crippen molar-refractivity contribution < 1.29 is 5.21 Å². The third-order valence-corrected chi connectivity index (χ3v) is 1.55. The summed E-state index contributed by atoms with van der Waals surface area (Å²) in [5, 5.41) is 19.5. The zero-order valence-electron chi connectivity index (χ0n) is 7.23. The van der Waals surface area contributed by atoms with Gasteiger partial charge in [-0.1, -0.05) is 11.1 Å². The number of benzene rings is 1. The van der Waals surface area contributed by atoms with E-state index in [2.05, 4.69) is 17.0 Å². The largest absolute Gasteiger partial charge is 0.409 e. The Labute approximate surface area is 81.3 Å². The fraction of sp³-hybridized carbons (Fsp3) is 0. The van der Waals surface area contributed by atoms with Crippen LogP contribution in [0.15, 0.2) is 29.4 Å². The number of nitrogens with zero attached hydrogens (tertiary/aromatic N) is 2. The topological polar surface area (TPSA) is 82.4 Å². The monoisotopic (exact) mass is 185 g/mol. The van der Waals surface area contributed by atoms with Gasteiger partial charge >= 0.3 is 0 Å². The third kappa shape index (κ3) is 2.26. The Balaban J connectivity index is 2.96. The van der Waals surface area contributed by atoms with Gasteiger partial charge in [0, 0.05) is 17.0 Å². The minimum Gasteiger partial charge on any atom is -0.409 e. The van der Waals surface area contributed by atoms with Gasteiger partial charge in [-0.2, -0.15) is 5.26 Å². The molecule has 0 unspecified atom stereocenters. The van der Waals surface area contributed by atoms with Crippen LogP contribution in [0.3, 0.4) is 0 Å². The van der Waals surface area contributed by atoms with Crippen LogP contribution >= 0.6 is 0 Å². The maximum absolute atomic E-state index is 8.39. The van der Waals surface area contributed by atoms with E-state index >= 15 is 0 Å². The molecule has 4 nitrogen and oxygen atoms in total. The summed E-state index contributed by atoms with van der Waals surface area (Å²) in [6.07, 6.45) is 0. The fourth-order valence-electron chi connectivity index (χ4n) is 0.882. The molecule has 3 N–H and O–H groups in total. The molecule has 0 fully saturated rings. The molecule has 68 valence electrons. The number of hydrogen-bond acceptors (Lipinski definition) is 3. The van der Waals surface area contributed by atoms with Gasteiger partial charge in [0.05, 0.1) is 0 Å². The van der Waals surface area contributed by atoms with Gasteiger partial charge in [0.15, 0.2) is 11.9 Å². The summed E-state index contributed by atoms with van der Waals surface area (Å²) < 4.78 is 0. The minimum atomic E-state index is 0.0461. The Morgan fingerprint density at radius 3 is 2.50 bits per heavy atom. The van der Waals surface area contributed by atoms with Crippen molar-refractivity contribution >= 4 is 5.84 Å². The molecule has 0 spiro atoms. The van der Waals surface area contributed by atoms with Crippen molar-refractivity contribution in [2.75, 3.05) is 0 Å². The fourth-order valence-corrected chi connectivity index (χ4v) is 0.882. The Morgan fingerprint density at radius 1 is 1.36 bits per heavy atom. The lowest BCUT2D eigenvalue weighted by atomic mass is 10.1. The van der Waals surface area contributed by atoms with Crippen LogP contribution in [0.25, 0.3) is 0 Å². The molecule has 4 heteroatoms. The van der Waals surface area contributed by atoms with Crippen LogP contribution in [0.5, 0.6) is 0 Å². The average molecular weight is 185 g/mol. The van der Waals surface area contributed by atoms with Gasteiger partial charge in [0.25, 0.3) is 0 Å². The predicted molar refractivity (Wildman–Crippen MR) is 51.4 cm³/mol. The van der Waals surface area contributed by atoms with E-state index in [-0.39, 0.29) is 5.84 Å². The molecule has 14 heavy (non-hydrogen) atoms. The maximum Gasteiger partial charge on any atom is 0.170 e. The molecule has 1 aromatic carbocycles. The first-order valence-electron chi connectivity index (χ1n) is 3.76. The Morgan fingerprint density at radius 2 is 2.00 bits per heavy atom. The van der Waals surface area contributed by atoms with Crippen molar-refractivity contribution in [1.29, 1.82) is 5.26 Å². The molecular weight excluding hydrogens is 178 g/mol. The molecule has 0 saturated carbocycles. The lowest BCUT2D eigenvalue weighted by Crippen LogP contribution is -2.12. The van der Waals surface area contributed by atoms with Gasteiger partial charge in [0.1, 0.15) is 0 Å². The highest BCUT2D eigenvalue weighted by Crippen LogP contribution is 2.02. The average Bonchev–Trinajstić information content (AvgIpc) is 2.26. The van der Waals surface area contributed by atoms with Crippen LogP contribution in [0.4, 0.5) is 0 Å². The Kier molecular flexibility index (Phi) is 3.12. The molecule has 0 aliphatic rings. The highest BCUT2D eigenvalue weighted by Gasteiger charge is 1.96. The van der Waals surface area contributed by atoms with Crippen LogP contribution in [0.1, 0.15) is 11.1 Å². The zero-order valence-corrected chi connectivity index (χ0v) is 7.23. The second kappa shape index (κ2) is 4.54. The number of rotatable bonds is 1. The maximum atomic E-state index is 8.39. The summed E-state index contributed by atoms with van der Waals surface area (Å²) in [6, 6.07) is 8.43. The van der Waals surface area contributed by atoms with Crippen LogP contribution in [0, 0.1) is 23.2 Å². The van der Waals surface area contributed by atoms with Crippen molar-refractivity contribution in [1.82, 2.24) is 0 Å². The normalized spacial score (nSPS) is 9.79. The molecule has 0 atom stereocenters. The Bertz CT molecular complexity index is 443. The van der Waals surface area contributed by atoms with E-state index in [9.17, 15) is 0 Å². The second-order valence-electron chi connectivity index (χ2n) is 2.42. The lowest BCUT2D eigenvalue weighted by Gasteiger charge is -1.97. The van der Waals surface area contributed by atoms with Crippen LogP contribution in [0.2, 0.25) is 0 Å². The van der Waals surface area contributed by atoms with Gasteiger partial charge < -0.3 is 10.9 Å². The highest BCUT2D eigenvalue weighted by atomic mass is 16.4. The SMILES string of the molecule is N#CC#Cc1ccc(C(N)=NO)cc1. The highest BCUT2D eigenvalue weighted by molar-refractivity contribution is 5.97. The van der Waals surface area contributed by atoms with Gasteiger partial charge in [-0.15, -0.1) is 0 Å². The molecule has 0 aromatic heterocycles. The summed E-state index contributed by atoms with van der Waals surface area (Å²) >= 11 is 0. The first-order chi connectivity index (χ1) is 6.77. The van der Waals surface area contributed by atoms with Crippen LogP contribution < -0.4 is 5.73 Å². The van der Waals surface area contributed by atoms with E-state index in [0.29, 0.717) is 11.1 Å². The zero-order chi connectivity index (χ0) is 10.4. The summed E-state index contributed by atoms with van der Waals surface area (Å²) in [4.78, 5) is 0. The first kappa shape index (κ1) is 9.63. The number of amidine groups is 1. The van der Waals surface area contributed by atoms with Gasteiger partial charge in [-0.25, -0.2) is 0 Å². The number of oxime groups is 1. The summed E-state index contributed by atoms with van der Waals surface area (Å²) in [5.41, 5.74) is 6.67. The predicted octanol–water partition coefficient (Wildman–Crippen LogP) is 0.656. The summed E-state index contributed by atoms with van der Waals surface area (Å²) in [6.45, 7) is 0. The molecule has 1 aromatic rings. The number of nitrogens with two attached hydrogens (primary N) is 1. The van der Waals surface area contributed by atoms with Gasteiger partial charge in [0.2, 0.25) is 0 Å². The molecule has 0 bridgehead atoms. The van der Waals surface area contributed by atoms with Crippen molar-refractivity contribution in [3.05, 3.63) is 35.4 Å². The molecule has 0 heterocycles. The smallest absolute Gasteiger partial charge is 0.170 e. The summed E-state index contributed by atoms with van der Waals surface area (Å²) in [5.74, 6) is 4.94. The molecule has 0 amide bonds. The van der Waals surface area contributed by atoms with Crippen molar-refractivity contribution in [2.45, 2.75) is 0 Å². The Hall–Kier alpha value is -2.46. The van der Waals surface area contributed by atoms with Crippen LogP contribution in [-0.2, 0) is 0 Å². The lowest BCUT2D eigenvalue weighted by molar-refractivity contribution is 0.318. The van der Waals surface area contributed by atoms with E-state index in [1.54, 1.807) is 30.3 Å². The van der Waals surface area contributed by atoms with E-state index in [4.69, 9.17) is 16.2 Å². The quantitative estimate of drug-likeness (QED) is 0.221. The van der Waals surface area contributed by atoms with E-state index < -0.39 is 0 Å². The van der Waals surface area contributed by atoms with Crippen molar-refractivity contribution in [3.63, 3.8) is 0 Å². The standard InChI is InChI=1S/C10H7N3O/c11-7-1-2-8-3-5-9(6-4-8)10(12)13-14/h3-6,14H,(H2,12,13). The molecule has 0 aliphatic carbocycles. The number of hydrogen-bond donors (Lipinski definition) is 2. The van der Waals surface area contributed by atoms with Gasteiger partial charge in [-0.05, 0) is 24.3 Å². The van der Waals surface area contributed by atoms with E-state index in [0.717, 1.165) is 0 Å². The van der Waals surface area contributed by atoms with Gasteiger partial charge in [-0.3, -0.25) is 0 Å². The second-order valence-corrected chi connectivity index (χ2v) is 2.42. The van der Waals surface area contributed by atoms with E-state index in [1.165, 1.54) is 0 Å². The summed E-state index contributed by atoms with van der Waals surface area (Å²) in [7, 11) is 0.